The molecule has 7 rings (SSSR count). The lowest BCUT2D eigenvalue weighted by atomic mass is 9.93. The van der Waals surface area contributed by atoms with Gasteiger partial charge in [0.25, 0.3) is 5.91 Å². The summed E-state index contributed by atoms with van der Waals surface area (Å²) in [4.78, 5) is 53.7. The van der Waals surface area contributed by atoms with Gasteiger partial charge in [-0.2, -0.15) is 0 Å². The van der Waals surface area contributed by atoms with Crippen LogP contribution in [0.15, 0.2) is 35.7 Å². The third-order valence-corrected chi connectivity index (χ3v) is 13.9. The number of amides is 3. The molecule has 53 heavy (non-hydrogen) atoms. The fourth-order valence-electron chi connectivity index (χ4n) is 7.78. The summed E-state index contributed by atoms with van der Waals surface area (Å²) in [5.74, 6) is -1.58. The number of benzene rings is 1. The molecule has 5 atom stereocenters. The van der Waals surface area contributed by atoms with Crippen LogP contribution in [0.4, 0.5) is 0 Å². The quantitative estimate of drug-likeness (QED) is 0.269. The number of nitrogens with one attached hydrogen (secondary N) is 2. The maximum Gasteiger partial charge on any atom is 0.259 e. The van der Waals surface area contributed by atoms with Gasteiger partial charge in [-0.3, -0.25) is 19.1 Å². The maximum absolute atomic E-state index is 14.3. The van der Waals surface area contributed by atoms with Crippen molar-refractivity contribution in [3.8, 4) is 22.2 Å². The molecule has 4 aliphatic rings. The van der Waals surface area contributed by atoms with E-state index in [1.165, 1.54) is 11.3 Å². The van der Waals surface area contributed by atoms with Crippen LogP contribution in [0, 0.1) is 17.8 Å². The molecular weight excluding hydrogens is 715 g/mol. The Bertz CT molecular complexity index is 2060. The van der Waals surface area contributed by atoms with Gasteiger partial charge in [0.05, 0.1) is 35.4 Å². The fourth-order valence-corrected chi connectivity index (χ4v) is 10.1. The molecule has 0 spiro atoms. The summed E-state index contributed by atoms with van der Waals surface area (Å²) in [7, 11) is -0.423. The van der Waals surface area contributed by atoms with Crippen molar-refractivity contribution in [2.24, 2.45) is 17.8 Å². The number of aromatic nitrogens is 2. The van der Waals surface area contributed by atoms with E-state index in [2.05, 4.69) is 30.8 Å². The van der Waals surface area contributed by atoms with Crippen molar-refractivity contribution < 1.29 is 32.3 Å². The first kappa shape index (κ1) is 37.3. The lowest BCUT2D eigenvalue weighted by molar-refractivity contribution is -0.140. The predicted octanol–water partition coefficient (Wildman–Crippen LogP) is 5.51. The molecule has 0 radical (unpaired) electrons. The monoisotopic (exact) mass is 763 g/mol. The van der Waals surface area contributed by atoms with E-state index in [0.717, 1.165) is 52.2 Å². The number of aryl methyl sites for hydroxylation is 1. The zero-order valence-corrected chi connectivity index (χ0v) is 32.6. The third kappa shape index (κ3) is 7.41. The van der Waals surface area contributed by atoms with Crippen molar-refractivity contribution in [3.05, 3.63) is 47.0 Å². The van der Waals surface area contributed by atoms with Gasteiger partial charge in [0.15, 0.2) is 0 Å². The smallest absolute Gasteiger partial charge is 0.259 e. The van der Waals surface area contributed by atoms with Gasteiger partial charge < -0.3 is 19.7 Å². The van der Waals surface area contributed by atoms with Crippen LogP contribution >= 0.6 is 11.3 Å². The van der Waals surface area contributed by atoms with E-state index in [4.69, 9.17) is 19.4 Å². The number of carbonyl (C=O) groups excluding carboxylic acids is 3. The zero-order valence-electron chi connectivity index (χ0n) is 31.0. The number of methoxy groups -OCH3 is 1. The number of carbonyl (C=O) groups is 3. The van der Waals surface area contributed by atoms with Crippen LogP contribution in [0.1, 0.15) is 89.3 Å². The molecule has 3 aromatic rings. The molecule has 1 aliphatic heterocycles. The Morgan fingerprint density at radius 3 is 2.60 bits per heavy atom. The maximum atomic E-state index is 14.3. The van der Waals surface area contributed by atoms with Crippen LogP contribution in [0.25, 0.3) is 21.6 Å². The lowest BCUT2D eigenvalue weighted by Gasteiger charge is -2.26. The highest BCUT2D eigenvalue weighted by Crippen LogP contribution is 2.47. The Morgan fingerprint density at radius 1 is 1.13 bits per heavy atom. The highest BCUT2D eigenvalue weighted by molar-refractivity contribution is 7.91. The second-order valence-corrected chi connectivity index (χ2v) is 18.1. The number of ether oxygens (including phenoxy) is 2. The molecule has 3 amide bonds. The fraction of sp³-hybridized carbons (Fsp3) is 0.564. The summed E-state index contributed by atoms with van der Waals surface area (Å²) in [5.41, 5.74) is 1.93. The minimum absolute atomic E-state index is 0.145. The minimum atomic E-state index is -3.83. The molecule has 284 valence electrons. The number of nitrogens with zero attached hydrogens (tertiary/aromatic N) is 3. The van der Waals surface area contributed by atoms with Gasteiger partial charge in [0.1, 0.15) is 33.8 Å². The van der Waals surface area contributed by atoms with Crippen LogP contribution in [-0.2, 0) is 30.8 Å². The van der Waals surface area contributed by atoms with Gasteiger partial charge in [-0.15, -0.1) is 11.3 Å². The first-order chi connectivity index (χ1) is 25.3. The molecule has 0 bridgehead atoms. The molecule has 0 saturated heterocycles. The van der Waals surface area contributed by atoms with Gasteiger partial charge in [-0.05, 0) is 75.8 Å². The summed E-state index contributed by atoms with van der Waals surface area (Å²) >= 11 is 1.52. The number of thiazole rings is 1. The van der Waals surface area contributed by atoms with Gasteiger partial charge in [0, 0.05) is 41.9 Å². The van der Waals surface area contributed by atoms with Crippen molar-refractivity contribution >= 4 is 50.0 Å². The molecular formula is C39H49N5O7S2. The Labute approximate surface area is 315 Å². The Kier molecular flexibility index (Phi) is 10.3. The molecule has 2 aromatic heterocycles. The summed E-state index contributed by atoms with van der Waals surface area (Å²) in [6.07, 6.45) is 8.30. The molecule has 14 heteroatoms. The van der Waals surface area contributed by atoms with Crippen molar-refractivity contribution in [1.29, 1.82) is 0 Å². The van der Waals surface area contributed by atoms with E-state index in [1.54, 1.807) is 19.1 Å². The van der Waals surface area contributed by atoms with E-state index in [0.29, 0.717) is 43.7 Å². The highest BCUT2D eigenvalue weighted by Gasteiger charge is 2.62. The number of hydrogen-bond donors (Lipinski definition) is 2. The van der Waals surface area contributed by atoms with Gasteiger partial charge in [-0.25, -0.2) is 18.4 Å². The second-order valence-electron chi connectivity index (χ2n) is 15.3. The van der Waals surface area contributed by atoms with E-state index >= 15 is 0 Å². The summed E-state index contributed by atoms with van der Waals surface area (Å²) in [6.45, 7) is 6.81. The second kappa shape index (κ2) is 14.7. The largest absolute Gasteiger partial charge is 0.496 e. The normalized spacial score (nSPS) is 27.1. The highest BCUT2D eigenvalue weighted by atomic mass is 32.2. The minimum Gasteiger partial charge on any atom is -0.496 e. The summed E-state index contributed by atoms with van der Waals surface area (Å²) in [6, 6.07) is 5.73. The van der Waals surface area contributed by atoms with Gasteiger partial charge >= 0.3 is 0 Å². The van der Waals surface area contributed by atoms with Crippen LogP contribution in [-0.4, -0.2) is 78.6 Å². The number of sulfonamides is 1. The van der Waals surface area contributed by atoms with Crippen LogP contribution in [0.3, 0.4) is 0 Å². The molecule has 12 nitrogen and oxygen atoms in total. The van der Waals surface area contributed by atoms with Crippen molar-refractivity contribution in [1.82, 2.24) is 24.9 Å². The number of allylic oxidation sites excluding steroid dienone is 1. The van der Waals surface area contributed by atoms with E-state index in [9.17, 15) is 22.8 Å². The third-order valence-electron chi connectivity index (χ3n) is 11.2. The standard InChI is InChI=1S/C39H49N5O7S2/c1-6-26-32(50-5)15-14-27-33(19-30(40-34(26)27)36-41-31(21-52-36)22(2)3)51-24-17-28-29(18-24)37(46)44(4)16-10-8-7-9-11-23-20-39(23,42-35(28)45)38(47)43-53(48,49)25-12-13-25/h9,11,14-15,19,21-25,28-29H,6-8,10,12-13,16-18,20H2,1-5H3,(H,42,45)(H,43,47)/b11-9-/t23?,24-,28+,29?,39+/m0/s1. The van der Waals surface area contributed by atoms with Crippen LogP contribution in [0.5, 0.6) is 11.5 Å². The molecule has 2 N–H and O–H groups in total. The topological polar surface area (TPSA) is 157 Å². The molecule has 3 aliphatic carbocycles. The molecule has 2 unspecified atom stereocenters. The van der Waals surface area contributed by atoms with Crippen molar-refractivity contribution in [2.75, 3.05) is 20.7 Å². The molecule has 3 fully saturated rings. The van der Waals surface area contributed by atoms with Gasteiger partial charge in [-0.1, -0.05) is 32.9 Å². The molecule has 3 heterocycles. The molecule has 1 aromatic carbocycles. The Balaban J connectivity index is 1.22. The van der Waals surface area contributed by atoms with E-state index < -0.39 is 50.6 Å². The van der Waals surface area contributed by atoms with E-state index in [-0.39, 0.29) is 30.6 Å². The number of pyridine rings is 1. The van der Waals surface area contributed by atoms with Crippen molar-refractivity contribution in [3.63, 3.8) is 0 Å². The average Bonchev–Trinajstić information content (AvgIpc) is 4.01. The average molecular weight is 764 g/mol. The SMILES string of the molecule is CCc1c(OC)ccc2c(O[C@@H]3CC4C(=O)N(C)CCCC/C=C\C5C[C@@]5(C(=O)NS(=O)(=O)C5CC5)NC(=O)[C@@H]4C3)cc(-c3nc(C(C)C)cs3)nc12. The van der Waals surface area contributed by atoms with Gasteiger partial charge in [0.2, 0.25) is 21.8 Å². The van der Waals surface area contributed by atoms with Crippen molar-refractivity contribution in [2.45, 2.75) is 101 Å². The number of rotatable bonds is 9. The lowest BCUT2D eigenvalue weighted by Crippen LogP contribution is -2.54. The summed E-state index contributed by atoms with van der Waals surface area (Å²) in [5, 5.41) is 5.99. The first-order valence-corrected chi connectivity index (χ1v) is 21.2. The van der Waals surface area contributed by atoms with E-state index in [1.807, 2.05) is 35.7 Å². The number of fused-ring (bicyclic) bond motifs is 3. The Hall–Kier alpha value is -4.04. The Morgan fingerprint density at radius 2 is 1.91 bits per heavy atom. The van der Waals surface area contributed by atoms with Crippen LogP contribution < -0.4 is 19.5 Å². The predicted molar refractivity (Wildman–Crippen MR) is 203 cm³/mol. The molecule has 3 saturated carbocycles. The summed E-state index contributed by atoms with van der Waals surface area (Å²) < 4.78 is 40.4. The number of hydrogen-bond acceptors (Lipinski definition) is 10. The first-order valence-electron chi connectivity index (χ1n) is 18.8. The zero-order chi connectivity index (χ0) is 37.7. The van der Waals surface area contributed by atoms with Crippen LogP contribution in [0.2, 0.25) is 0 Å².